The second-order valence-corrected chi connectivity index (χ2v) is 7.01. The van der Waals surface area contributed by atoms with Crippen LogP contribution in [-0.4, -0.2) is 20.6 Å². The van der Waals surface area contributed by atoms with E-state index in [1.165, 1.54) is 4.57 Å². The van der Waals surface area contributed by atoms with Gasteiger partial charge in [0, 0.05) is 5.56 Å². The Bertz CT molecular complexity index is 1310. The Morgan fingerprint density at radius 1 is 0.897 bits per heavy atom. The van der Waals surface area contributed by atoms with Gasteiger partial charge in [0.05, 0.1) is 23.1 Å². The van der Waals surface area contributed by atoms with Crippen LogP contribution in [0.2, 0.25) is 0 Å². The molecular formula is C23H17N3O3. The average Bonchev–Trinajstić information content (AvgIpc) is 2.86. The van der Waals surface area contributed by atoms with Gasteiger partial charge in [-0.15, -0.1) is 0 Å². The van der Waals surface area contributed by atoms with Crippen LogP contribution in [0.4, 0.5) is 5.69 Å². The van der Waals surface area contributed by atoms with Crippen molar-refractivity contribution in [3.63, 3.8) is 0 Å². The van der Waals surface area contributed by atoms with Crippen molar-refractivity contribution in [3.8, 4) is 17.1 Å². The van der Waals surface area contributed by atoms with Gasteiger partial charge in [-0.1, -0.05) is 36.4 Å². The van der Waals surface area contributed by atoms with Crippen molar-refractivity contribution in [3.05, 3.63) is 88.7 Å². The van der Waals surface area contributed by atoms with E-state index in [1.54, 1.807) is 47.4 Å². The lowest BCUT2D eigenvalue weighted by atomic mass is 10.1. The Kier molecular flexibility index (Phi) is 3.91. The van der Waals surface area contributed by atoms with E-state index in [0.29, 0.717) is 29.0 Å². The summed E-state index contributed by atoms with van der Waals surface area (Å²) in [4.78, 5) is 32.7. The summed E-state index contributed by atoms with van der Waals surface area (Å²) in [5, 5.41) is 10.0. The number of aromatic hydroxyl groups is 1. The van der Waals surface area contributed by atoms with Crippen LogP contribution in [-0.2, 0) is 17.9 Å². The van der Waals surface area contributed by atoms with E-state index >= 15 is 0 Å². The second-order valence-electron chi connectivity index (χ2n) is 7.01. The molecule has 0 spiro atoms. The van der Waals surface area contributed by atoms with Crippen molar-refractivity contribution >= 4 is 22.5 Å². The Balaban J connectivity index is 1.71. The predicted octanol–water partition coefficient (Wildman–Crippen LogP) is 3.32. The highest BCUT2D eigenvalue weighted by molar-refractivity contribution is 5.99. The second kappa shape index (κ2) is 6.60. The molecule has 29 heavy (non-hydrogen) atoms. The maximum absolute atomic E-state index is 13.2. The molecule has 0 radical (unpaired) electrons. The van der Waals surface area contributed by atoms with Crippen LogP contribution in [0.25, 0.3) is 22.3 Å². The molecule has 0 bridgehead atoms. The normalized spacial score (nSPS) is 13.1. The summed E-state index contributed by atoms with van der Waals surface area (Å²) in [6.45, 7) is 0.247. The number of fused-ring (bicyclic) bond motifs is 4. The van der Waals surface area contributed by atoms with Gasteiger partial charge in [-0.05, 0) is 42.0 Å². The summed E-state index contributed by atoms with van der Waals surface area (Å²) >= 11 is 0. The molecule has 1 amide bonds. The number of rotatable bonds is 2. The number of carbonyl (C=O) groups is 1. The summed E-state index contributed by atoms with van der Waals surface area (Å²) < 4.78 is 1.46. The van der Waals surface area contributed by atoms with Crippen LogP contribution < -0.4 is 10.5 Å². The summed E-state index contributed by atoms with van der Waals surface area (Å²) in [5.41, 5.74) is 2.71. The van der Waals surface area contributed by atoms with Gasteiger partial charge < -0.3 is 10.0 Å². The number of hydrogen-bond acceptors (Lipinski definition) is 4. The minimum Gasteiger partial charge on any atom is -0.508 e. The molecule has 1 aromatic heterocycles. The van der Waals surface area contributed by atoms with E-state index < -0.39 is 0 Å². The number of amides is 1. The fourth-order valence-electron chi connectivity index (χ4n) is 3.73. The quantitative estimate of drug-likeness (QED) is 0.576. The molecule has 0 fully saturated rings. The highest BCUT2D eigenvalue weighted by Crippen LogP contribution is 2.33. The summed E-state index contributed by atoms with van der Waals surface area (Å²) in [6, 6.07) is 21.4. The molecular weight excluding hydrogens is 366 g/mol. The van der Waals surface area contributed by atoms with E-state index in [2.05, 4.69) is 0 Å². The van der Waals surface area contributed by atoms with E-state index in [4.69, 9.17) is 4.98 Å². The first-order valence-electron chi connectivity index (χ1n) is 9.29. The summed E-state index contributed by atoms with van der Waals surface area (Å²) in [6.07, 6.45) is 0. The fraction of sp³-hybridized carbons (Fsp3) is 0.0870. The molecule has 0 saturated carbocycles. The Morgan fingerprint density at radius 2 is 1.62 bits per heavy atom. The molecule has 6 nitrogen and oxygen atoms in total. The largest absolute Gasteiger partial charge is 0.508 e. The SMILES string of the molecule is O=C1Cn2c(nc3ccccc3c2=O)-c2ccccc2N1Cc1ccc(O)cc1. The number of para-hydroxylation sites is 2. The minimum atomic E-state index is -0.222. The molecule has 1 aliphatic rings. The van der Waals surface area contributed by atoms with Crippen molar-refractivity contribution < 1.29 is 9.90 Å². The van der Waals surface area contributed by atoms with Crippen molar-refractivity contribution in [2.45, 2.75) is 13.1 Å². The summed E-state index contributed by atoms with van der Waals surface area (Å²) in [5.74, 6) is 0.473. The third-order valence-corrected chi connectivity index (χ3v) is 5.17. The molecule has 0 atom stereocenters. The molecule has 5 rings (SSSR count). The number of benzene rings is 3. The van der Waals surface area contributed by atoms with Gasteiger partial charge in [-0.2, -0.15) is 0 Å². The Hall–Kier alpha value is -3.93. The zero-order chi connectivity index (χ0) is 20.0. The van der Waals surface area contributed by atoms with E-state index in [-0.39, 0.29) is 23.8 Å². The zero-order valence-corrected chi connectivity index (χ0v) is 15.4. The van der Waals surface area contributed by atoms with Crippen LogP contribution in [0, 0.1) is 0 Å². The first-order valence-corrected chi connectivity index (χ1v) is 9.29. The predicted molar refractivity (Wildman–Crippen MR) is 111 cm³/mol. The van der Waals surface area contributed by atoms with Gasteiger partial charge in [0.15, 0.2) is 0 Å². The molecule has 142 valence electrons. The van der Waals surface area contributed by atoms with Crippen LogP contribution in [0.1, 0.15) is 5.56 Å². The van der Waals surface area contributed by atoms with E-state index in [0.717, 1.165) is 11.1 Å². The third kappa shape index (κ3) is 2.86. The maximum atomic E-state index is 13.2. The number of nitrogens with zero attached hydrogens (tertiary/aromatic N) is 3. The number of hydrogen-bond donors (Lipinski definition) is 1. The molecule has 1 N–H and O–H groups in total. The van der Waals surface area contributed by atoms with Gasteiger partial charge in [0.1, 0.15) is 18.1 Å². The lowest BCUT2D eigenvalue weighted by Crippen LogP contribution is -2.34. The fourth-order valence-corrected chi connectivity index (χ4v) is 3.73. The van der Waals surface area contributed by atoms with Gasteiger partial charge >= 0.3 is 0 Å². The van der Waals surface area contributed by atoms with Crippen molar-refractivity contribution in [1.82, 2.24) is 9.55 Å². The Labute approximate surface area is 166 Å². The lowest BCUT2D eigenvalue weighted by Gasteiger charge is -2.22. The maximum Gasteiger partial charge on any atom is 0.262 e. The van der Waals surface area contributed by atoms with Crippen LogP contribution in [0.15, 0.2) is 77.6 Å². The first-order chi connectivity index (χ1) is 14.1. The number of phenols is 1. The number of aromatic nitrogens is 2. The van der Waals surface area contributed by atoms with E-state index in [9.17, 15) is 14.7 Å². The molecule has 4 aromatic rings. The average molecular weight is 383 g/mol. The molecule has 0 aliphatic carbocycles. The highest BCUT2D eigenvalue weighted by Gasteiger charge is 2.28. The standard InChI is InChI=1S/C23H17N3O3/c27-16-11-9-15(10-12-16)13-25-20-8-4-2-6-18(20)22-24-19-7-3-1-5-17(19)23(29)26(22)14-21(25)28/h1-12,27H,13-14H2. The number of carbonyl (C=O) groups excluding carboxylic acids is 1. The minimum absolute atomic E-state index is 0.0846. The molecule has 3 aromatic carbocycles. The van der Waals surface area contributed by atoms with Crippen LogP contribution in [0.3, 0.4) is 0 Å². The van der Waals surface area contributed by atoms with Gasteiger partial charge in [-0.25, -0.2) is 4.98 Å². The smallest absolute Gasteiger partial charge is 0.262 e. The van der Waals surface area contributed by atoms with Crippen LogP contribution in [0.5, 0.6) is 5.75 Å². The lowest BCUT2D eigenvalue weighted by molar-refractivity contribution is -0.119. The number of anilines is 1. The van der Waals surface area contributed by atoms with Crippen LogP contribution >= 0.6 is 0 Å². The monoisotopic (exact) mass is 383 g/mol. The van der Waals surface area contributed by atoms with Gasteiger partial charge in [0.25, 0.3) is 5.56 Å². The molecule has 0 saturated heterocycles. The highest BCUT2D eigenvalue weighted by atomic mass is 16.3. The topological polar surface area (TPSA) is 75.4 Å². The molecule has 2 heterocycles. The molecule has 1 aliphatic heterocycles. The molecule has 6 heteroatoms. The van der Waals surface area contributed by atoms with E-state index in [1.807, 2.05) is 30.3 Å². The zero-order valence-electron chi connectivity index (χ0n) is 15.4. The van der Waals surface area contributed by atoms with Crippen molar-refractivity contribution in [2.24, 2.45) is 0 Å². The molecule has 0 unspecified atom stereocenters. The third-order valence-electron chi connectivity index (χ3n) is 5.17. The number of phenolic OH excluding ortho intramolecular Hbond substituents is 1. The van der Waals surface area contributed by atoms with Crippen molar-refractivity contribution in [2.75, 3.05) is 4.90 Å². The van der Waals surface area contributed by atoms with Crippen molar-refractivity contribution in [1.29, 1.82) is 0 Å². The first kappa shape index (κ1) is 17.2. The van der Waals surface area contributed by atoms with Gasteiger partial charge in [0.2, 0.25) is 5.91 Å². The van der Waals surface area contributed by atoms with Gasteiger partial charge in [-0.3, -0.25) is 14.2 Å². The summed E-state index contributed by atoms with van der Waals surface area (Å²) in [7, 11) is 0. The Morgan fingerprint density at radius 3 is 2.45 bits per heavy atom.